The SMILES string of the molecule is CC(C)n1c(=O)c(-c2ccc(NS(=O)(=O)CCC(F)(F)F)cn2)cc2cnc(N[C@@H]3CNCC(C(F)F)C3)nc21. The highest BCUT2D eigenvalue weighted by atomic mass is 32.2. The van der Waals surface area contributed by atoms with Crippen molar-refractivity contribution in [3.8, 4) is 11.3 Å². The molecule has 0 saturated carbocycles. The molecule has 1 fully saturated rings. The van der Waals surface area contributed by atoms with Gasteiger partial charge in [-0.15, -0.1) is 0 Å². The van der Waals surface area contributed by atoms with Gasteiger partial charge in [-0.2, -0.15) is 18.2 Å². The van der Waals surface area contributed by atoms with Gasteiger partial charge in [-0.1, -0.05) is 0 Å². The molecule has 1 unspecified atom stereocenters. The fourth-order valence-corrected chi connectivity index (χ4v) is 5.49. The summed E-state index contributed by atoms with van der Waals surface area (Å²) >= 11 is 0. The van der Waals surface area contributed by atoms with Crippen LogP contribution in [0.2, 0.25) is 0 Å². The van der Waals surface area contributed by atoms with Crippen molar-refractivity contribution < 1.29 is 30.4 Å². The summed E-state index contributed by atoms with van der Waals surface area (Å²) in [6, 6.07) is 3.55. The van der Waals surface area contributed by atoms with Crippen LogP contribution >= 0.6 is 0 Å². The highest BCUT2D eigenvalue weighted by Crippen LogP contribution is 2.25. The lowest BCUT2D eigenvalue weighted by Gasteiger charge is -2.30. The van der Waals surface area contributed by atoms with Crippen LogP contribution in [0.1, 0.15) is 32.7 Å². The van der Waals surface area contributed by atoms with Gasteiger partial charge in [0.1, 0.15) is 5.65 Å². The number of sulfonamides is 1. The summed E-state index contributed by atoms with van der Waals surface area (Å²) in [5, 5.41) is 6.54. The molecule has 1 aliphatic heterocycles. The van der Waals surface area contributed by atoms with E-state index in [0.717, 1.165) is 6.20 Å². The number of pyridine rings is 2. The standard InChI is InChI=1S/C24H28F5N7O3S/c1-13(2)36-21-15(10-32-23(34-21)33-17-7-14(20(25)26)9-30-11-17)8-18(22(36)37)19-4-3-16(12-31-19)35-40(38,39)6-5-24(27,28)29/h3-4,8,10,12-14,17,20,30,35H,5-7,9,11H2,1-2H3,(H,32,33,34)/t14?,17-/m0/s1. The third kappa shape index (κ3) is 7.21. The van der Waals surface area contributed by atoms with Crippen LogP contribution in [0.25, 0.3) is 22.3 Å². The third-order valence-corrected chi connectivity index (χ3v) is 7.62. The first-order chi connectivity index (χ1) is 18.7. The number of fused-ring (bicyclic) bond motifs is 1. The summed E-state index contributed by atoms with van der Waals surface area (Å²) in [6.07, 6.45) is -5.71. The Labute approximate surface area is 226 Å². The first kappa shape index (κ1) is 29.6. The van der Waals surface area contributed by atoms with E-state index < -0.39 is 46.3 Å². The van der Waals surface area contributed by atoms with Crippen LogP contribution < -0.4 is 20.9 Å². The number of nitrogens with zero attached hydrogens (tertiary/aromatic N) is 4. The normalized spacial score (nSPS) is 18.4. The molecule has 3 N–H and O–H groups in total. The Hall–Kier alpha value is -3.40. The lowest BCUT2D eigenvalue weighted by Crippen LogP contribution is -2.45. The van der Waals surface area contributed by atoms with Crippen molar-refractivity contribution in [3.63, 3.8) is 0 Å². The number of alkyl halides is 5. The van der Waals surface area contributed by atoms with Crippen LogP contribution in [0.4, 0.5) is 33.6 Å². The molecule has 2 atom stereocenters. The monoisotopic (exact) mass is 589 g/mol. The Bertz CT molecular complexity index is 1510. The number of hydrogen-bond acceptors (Lipinski definition) is 8. The van der Waals surface area contributed by atoms with Crippen molar-refractivity contribution in [2.45, 2.75) is 51.4 Å². The molecule has 16 heteroatoms. The van der Waals surface area contributed by atoms with Crippen molar-refractivity contribution >= 4 is 32.7 Å². The van der Waals surface area contributed by atoms with Gasteiger partial charge in [-0.3, -0.25) is 19.1 Å². The number of nitrogens with one attached hydrogen (secondary N) is 3. The second kappa shape index (κ2) is 11.6. The second-order valence-electron chi connectivity index (χ2n) is 9.85. The molecule has 1 aliphatic rings. The predicted molar refractivity (Wildman–Crippen MR) is 140 cm³/mol. The van der Waals surface area contributed by atoms with Crippen LogP contribution in [0, 0.1) is 5.92 Å². The Kier molecular flexibility index (Phi) is 8.58. The first-order valence-corrected chi connectivity index (χ1v) is 14.1. The molecule has 0 aliphatic carbocycles. The van der Waals surface area contributed by atoms with Crippen LogP contribution in [0.3, 0.4) is 0 Å². The lowest BCUT2D eigenvalue weighted by atomic mass is 9.96. The van der Waals surface area contributed by atoms with E-state index in [1.165, 1.54) is 29.0 Å². The molecule has 0 radical (unpaired) electrons. The zero-order valence-corrected chi connectivity index (χ0v) is 22.4. The summed E-state index contributed by atoms with van der Waals surface area (Å²) in [4.78, 5) is 26.4. The molecule has 0 aromatic carbocycles. The average molecular weight is 590 g/mol. The molecular formula is C24H28F5N7O3S. The molecule has 40 heavy (non-hydrogen) atoms. The zero-order valence-electron chi connectivity index (χ0n) is 21.5. The van der Waals surface area contributed by atoms with Gasteiger partial charge >= 0.3 is 6.18 Å². The van der Waals surface area contributed by atoms with E-state index >= 15 is 0 Å². The molecule has 0 amide bonds. The topological polar surface area (TPSA) is 131 Å². The predicted octanol–water partition coefficient (Wildman–Crippen LogP) is 3.78. The molecule has 4 rings (SSSR count). The zero-order chi connectivity index (χ0) is 29.2. The lowest BCUT2D eigenvalue weighted by molar-refractivity contribution is -0.129. The van der Waals surface area contributed by atoms with Gasteiger partial charge in [0.15, 0.2) is 0 Å². The quantitative estimate of drug-likeness (QED) is 0.322. The van der Waals surface area contributed by atoms with Gasteiger partial charge in [-0.05, 0) is 38.5 Å². The summed E-state index contributed by atoms with van der Waals surface area (Å²) in [5.74, 6) is -1.74. The molecule has 10 nitrogen and oxygen atoms in total. The molecule has 4 heterocycles. The van der Waals surface area contributed by atoms with Crippen LogP contribution in [0.15, 0.2) is 35.4 Å². The van der Waals surface area contributed by atoms with E-state index in [2.05, 4.69) is 25.6 Å². The maximum atomic E-state index is 13.5. The van der Waals surface area contributed by atoms with Crippen molar-refractivity contribution in [3.05, 3.63) is 40.9 Å². The molecule has 218 valence electrons. The molecule has 1 saturated heterocycles. The van der Waals surface area contributed by atoms with Crippen LogP contribution in [0.5, 0.6) is 0 Å². The molecule has 0 spiro atoms. The number of rotatable bonds is 9. The highest BCUT2D eigenvalue weighted by molar-refractivity contribution is 7.92. The smallest absolute Gasteiger partial charge is 0.350 e. The van der Waals surface area contributed by atoms with Gasteiger partial charge in [0.25, 0.3) is 5.56 Å². The fraction of sp³-hybridized carbons (Fsp3) is 0.500. The van der Waals surface area contributed by atoms with Crippen molar-refractivity contribution in [1.29, 1.82) is 0 Å². The number of piperidine rings is 1. The third-order valence-electron chi connectivity index (χ3n) is 6.33. The van der Waals surface area contributed by atoms with Gasteiger partial charge < -0.3 is 10.6 Å². The van der Waals surface area contributed by atoms with E-state index in [9.17, 15) is 35.2 Å². The Morgan fingerprint density at radius 3 is 2.52 bits per heavy atom. The minimum Gasteiger partial charge on any atom is -0.350 e. The highest BCUT2D eigenvalue weighted by Gasteiger charge is 2.30. The Morgan fingerprint density at radius 2 is 1.90 bits per heavy atom. The number of halogens is 5. The average Bonchev–Trinajstić information content (AvgIpc) is 2.87. The summed E-state index contributed by atoms with van der Waals surface area (Å²) in [5.41, 5.74) is 0.210. The number of anilines is 2. The second-order valence-corrected chi connectivity index (χ2v) is 11.7. The van der Waals surface area contributed by atoms with Crippen molar-refractivity contribution in [2.75, 3.05) is 28.9 Å². The van der Waals surface area contributed by atoms with Crippen molar-refractivity contribution in [2.24, 2.45) is 5.92 Å². The molecule has 0 bridgehead atoms. The number of hydrogen-bond donors (Lipinski definition) is 3. The number of aromatic nitrogens is 4. The molecule has 3 aromatic rings. The maximum absolute atomic E-state index is 13.5. The van der Waals surface area contributed by atoms with E-state index in [4.69, 9.17) is 0 Å². The van der Waals surface area contributed by atoms with Gasteiger partial charge in [-0.25, -0.2) is 22.2 Å². The maximum Gasteiger partial charge on any atom is 0.390 e. The van der Waals surface area contributed by atoms with Gasteiger partial charge in [0.2, 0.25) is 22.4 Å². The summed E-state index contributed by atoms with van der Waals surface area (Å²) in [6.45, 7) is 4.25. The van der Waals surface area contributed by atoms with Crippen LogP contribution in [-0.4, -0.2) is 65.4 Å². The van der Waals surface area contributed by atoms with E-state index in [1.54, 1.807) is 13.8 Å². The molecular weight excluding hydrogens is 561 g/mol. The molecule has 3 aromatic heterocycles. The Balaban J connectivity index is 1.60. The van der Waals surface area contributed by atoms with E-state index in [-0.39, 0.29) is 47.9 Å². The largest absolute Gasteiger partial charge is 0.390 e. The Morgan fingerprint density at radius 1 is 1.15 bits per heavy atom. The minimum absolute atomic E-state index is 0.0544. The van der Waals surface area contributed by atoms with Crippen LogP contribution in [-0.2, 0) is 10.0 Å². The van der Waals surface area contributed by atoms with E-state index in [0.29, 0.717) is 17.6 Å². The summed E-state index contributed by atoms with van der Waals surface area (Å²) < 4.78 is 90.9. The first-order valence-electron chi connectivity index (χ1n) is 12.4. The van der Waals surface area contributed by atoms with Crippen molar-refractivity contribution in [1.82, 2.24) is 24.8 Å². The minimum atomic E-state index is -4.62. The fourth-order valence-electron chi connectivity index (χ4n) is 4.41. The van der Waals surface area contributed by atoms with Gasteiger partial charge in [0, 0.05) is 42.7 Å². The van der Waals surface area contributed by atoms with Gasteiger partial charge in [0.05, 0.1) is 35.3 Å². The van der Waals surface area contributed by atoms with E-state index in [1.807, 2.05) is 4.72 Å². The summed E-state index contributed by atoms with van der Waals surface area (Å²) in [7, 11) is -4.26.